The Kier molecular flexibility index (Phi) is 7.25. The molecule has 0 aromatic carbocycles. The number of unbranched alkanes of at least 4 members (excludes halogenated alkanes) is 2. The van der Waals surface area contributed by atoms with Crippen LogP contribution in [0.4, 0.5) is 0 Å². The third-order valence-corrected chi connectivity index (χ3v) is 3.02. The van der Waals surface area contributed by atoms with Gasteiger partial charge in [-0.15, -0.1) is 0 Å². The monoisotopic (exact) mass is 173 g/mol. The summed E-state index contributed by atoms with van der Waals surface area (Å²) in [4.78, 5) is 0. The summed E-state index contributed by atoms with van der Waals surface area (Å²) in [5.74, 6) is 2.49. The zero-order valence-corrected chi connectivity index (χ0v) is 8.91. The first kappa shape index (κ1) is 11.4. The molecule has 11 heavy (non-hydrogen) atoms. The molecule has 1 radical (unpaired) electrons. The van der Waals surface area contributed by atoms with Gasteiger partial charge in [-0.2, -0.15) is 0 Å². The van der Waals surface area contributed by atoms with E-state index in [1.807, 2.05) is 0 Å². The Labute approximate surface area is 77.2 Å². The minimum absolute atomic E-state index is 0.738. The summed E-state index contributed by atoms with van der Waals surface area (Å²) in [6.07, 6.45) is 5.46. The zero-order valence-electron chi connectivity index (χ0n) is 8.10. The highest BCUT2D eigenvalue weighted by Gasteiger charge is 2.09. The van der Waals surface area contributed by atoms with E-state index in [1.54, 1.807) is 0 Å². The average molecular weight is 173 g/mol. The summed E-state index contributed by atoms with van der Waals surface area (Å²) >= 11 is 5.03. The molecule has 0 saturated heterocycles. The van der Waals surface area contributed by atoms with Crippen molar-refractivity contribution in [1.82, 2.24) is 0 Å². The van der Waals surface area contributed by atoms with Gasteiger partial charge < -0.3 is 0 Å². The van der Waals surface area contributed by atoms with E-state index in [0.717, 1.165) is 17.6 Å². The lowest BCUT2D eigenvalue weighted by Crippen LogP contribution is -2.09. The lowest BCUT2D eigenvalue weighted by atomic mass is 9.92. The van der Waals surface area contributed by atoms with Gasteiger partial charge in [-0.25, -0.2) is 0 Å². The third kappa shape index (κ3) is 5.60. The van der Waals surface area contributed by atoms with Crippen molar-refractivity contribution in [2.45, 2.75) is 46.5 Å². The third-order valence-electron chi connectivity index (χ3n) is 2.50. The summed E-state index contributed by atoms with van der Waals surface area (Å²) in [6.45, 7) is 6.84. The molecule has 0 aromatic heterocycles. The summed E-state index contributed by atoms with van der Waals surface area (Å²) < 4.78 is 0. The molecular weight excluding hydrogens is 152 g/mol. The quantitative estimate of drug-likeness (QED) is 0.532. The maximum absolute atomic E-state index is 5.03. The van der Waals surface area contributed by atoms with Crippen molar-refractivity contribution in [3.05, 3.63) is 0 Å². The molecule has 0 aliphatic heterocycles. The van der Waals surface area contributed by atoms with Gasteiger partial charge in [0.2, 0.25) is 0 Å². The smallest absolute Gasteiger partial charge is 0.00652 e. The lowest BCUT2D eigenvalue weighted by molar-refractivity contribution is 0.383. The molecule has 2 unspecified atom stereocenters. The second-order valence-corrected chi connectivity index (χ2v) is 3.95. The van der Waals surface area contributed by atoms with Crippen molar-refractivity contribution in [3.63, 3.8) is 0 Å². The van der Waals surface area contributed by atoms with E-state index in [0.29, 0.717) is 0 Å². The number of rotatable bonds is 6. The van der Waals surface area contributed by atoms with E-state index in [9.17, 15) is 0 Å². The molecule has 0 fully saturated rings. The molecule has 0 heterocycles. The van der Waals surface area contributed by atoms with E-state index in [4.69, 9.17) is 12.6 Å². The Morgan fingerprint density at radius 1 is 1.09 bits per heavy atom. The van der Waals surface area contributed by atoms with Gasteiger partial charge in [0.1, 0.15) is 0 Å². The van der Waals surface area contributed by atoms with Gasteiger partial charge in [0.05, 0.1) is 0 Å². The molecular formula is C10H21S. The van der Waals surface area contributed by atoms with Gasteiger partial charge in [-0.3, -0.25) is 0 Å². The van der Waals surface area contributed by atoms with Crippen LogP contribution in [0.2, 0.25) is 0 Å². The van der Waals surface area contributed by atoms with Crippen LogP contribution in [0.15, 0.2) is 0 Å². The molecule has 0 bridgehead atoms. The molecule has 0 spiro atoms. The van der Waals surface area contributed by atoms with Gasteiger partial charge in [0.15, 0.2) is 0 Å². The standard InChI is InChI=1S/C10H21S/c1-4-5-6-7-9(2)10(3)8-11/h9-10H,4-8H2,1-3H3. The molecule has 0 nitrogen and oxygen atoms in total. The van der Waals surface area contributed by atoms with E-state index < -0.39 is 0 Å². The fourth-order valence-electron chi connectivity index (χ4n) is 1.17. The van der Waals surface area contributed by atoms with Crippen LogP contribution >= 0.6 is 12.6 Å². The largest absolute Gasteiger partial charge is 0.0939 e. The molecule has 0 aliphatic rings. The Morgan fingerprint density at radius 3 is 2.18 bits per heavy atom. The van der Waals surface area contributed by atoms with Crippen LogP contribution in [0.3, 0.4) is 0 Å². The van der Waals surface area contributed by atoms with Crippen molar-refractivity contribution in [2.75, 3.05) is 5.75 Å². The molecule has 0 amide bonds. The van der Waals surface area contributed by atoms with Crippen LogP contribution in [-0.2, 0) is 0 Å². The highest BCUT2D eigenvalue weighted by atomic mass is 32.1. The van der Waals surface area contributed by atoms with Crippen LogP contribution < -0.4 is 0 Å². The number of hydrogen-bond acceptors (Lipinski definition) is 0. The van der Waals surface area contributed by atoms with Gasteiger partial charge in [0, 0.05) is 5.75 Å². The Hall–Kier alpha value is 0.350. The summed E-state index contributed by atoms with van der Waals surface area (Å²) in [7, 11) is 0. The molecule has 0 aromatic rings. The van der Waals surface area contributed by atoms with E-state index >= 15 is 0 Å². The first-order chi connectivity index (χ1) is 5.22. The molecule has 2 atom stereocenters. The lowest BCUT2D eigenvalue weighted by Gasteiger charge is -2.16. The Morgan fingerprint density at radius 2 is 1.73 bits per heavy atom. The van der Waals surface area contributed by atoms with Crippen molar-refractivity contribution in [1.29, 1.82) is 0 Å². The molecule has 0 rings (SSSR count). The first-order valence-corrected chi connectivity index (χ1v) is 5.38. The minimum atomic E-state index is 0.738. The van der Waals surface area contributed by atoms with E-state index in [2.05, 4.69) is 20.8 Å². The van der Waals surface area contributed by atoms with Crippen molar-refractivity contribution >= 4 is 12.6 Å². The normalized spacial score (nSPS) is 16.4. The van der Waals surface area contributed by atoms with E-state index in [1.165, 1.54) is 25.7 Å². The van der Waals surface area contributed by atoms with Gasteiger partial charge in [-0.05, 0) is 11.8 Å². The predicted octanol–water partition coefficient (Wildman–Crippen LogP) is 4.04. The van der Waals surface area contributed by atoms with Crippen LogP contribution in [-0.4, -0.2) is 5.75 Å². The van der Waals surface area contributed by atoms with Crippen molar-refractivity contribution in [2.24, 2.45) is 11.8 Å². The average Bonchev–Trinajstić information content (AvgIpc) is 2.03. The molecule has 0 aliphatic carbocycles. The van der Waals surface area contributed by atoms with Crippen molar-refractivity contribution in [3.8, 4) is 0 Å². The summed E-state index contributed by atoms with van der Waals surface area (Å²) in [5, 5.41) is 0. The highest BCUT2D eigenvalue weighted by Crippen LogP contribution is 2.18. The van der Waals surface area contributed by atoms with Gasteiger partial charge >= 0.3 is 0 Å². The van der Waals surface area contributed by atoms with Gasteiger partial charge in [0.25, 0.3) is 0 Å². The minimum Gasteiger partial charge on any atom is -0.0939 e. The number of hydrogen-bond donors (Lipinski definition) is 0. The fourth-order valence-corrected chi connectivity index (χ4v) is 1.49. The Bertz CT molecular complexity index is 80.9. The fraction of sp³-hybridized carbons (Fsp3) is 1.00. The molecule has 67 valence electrons. The summed E-state index contributed by atoms with van der Waals surface area (Å²) in [5.41, 5.74) is 0. The van der Waals surface area contributed by atoms with Crippen molar-refractivity contribution < 1.29 is 0 Å². The molecule has 0 saturated carbocycles. The SMILES string of the molecule is CCCCCC(C)C(C)C[S]. The van der Waals surface area contributed by atoms with Crippen LogP contribution in [0, 0.1) is 11.8 Å². The molecule has 0 N–H and O–H groups in total. The first-order valence-electron chi connectivity index (χ1n) is 4.80. The zero-order chi connectivity index (χ0) is 8.69. The van der Waals surface area contributed by atoms with Crippen LogP contribution in [0.1, 0.15) is 46.5 Å². The van der Waals surface area contributed by atoms with Gasteiger partial charge in [-0.1, -0.05) is 59.1 Å². The summed E-state index contributed by atoms with van der Waals surface area (Å²) in [6, 6.07) is 0. The second-order valence-electron chi connectivity index (χ2n) is 3.62. The Balaban J connectivity index is 3.28. The van der Waals surface area contributed by atoms with Crippen LogP contribution in [0.25, 0.3) is 0 Å². The second kappa shape index (κ2) is 7.02. The maximum Gasteiger partial charge on any atom is 0.00652 e. The predicted molar refractivity (Wildman–Crippen MR) is 54.9 cm³/mol. The topological polar surface area (TPSA) is 0 Å². The van der Waals surface area contributed by atoms with E-state index in [-0.39, 0.29) is 0 Å². The molecule has 1 heteroatoms. The highest BCUT2D eigenvalue weighted by molar-refractivity contribution is 7.80. The van der Waals surface area contributed by atoms with Crippen LogP contribution in [0.5, 0.6) is 0 Å². The maximum atomic E-state index is 5.03.